The van der Waals surface area contributed by atoms with E-state index in [1.807, 2.05) is 0 Å². The van der Waals surface area contributed by atoms with E-state index in [1.54, 1.807) is 6.92 Å². The molecule has 0 aromatic heterocycles. The standard InChI is InChI=1S/C19H40O3/c1-3-5-6-7-8-9-10-11-12-13-14-15-16-17-18-22-19(20,21)4-2/h20-21H,3-18H2,1-2H3. The van der Waals surface area contributed by atoms with Crippen LogP contribution in [0.5, 0.6) is 0 Å². The number of rotatable bonds is 17. The summed E-state index contributed by atoms with van der Waals surface area (Å²) in [5, 5.41) is 18.5. The molecule has 0 aliphatic heterocycles. The highest BCUT2D eigenvalue weighted by Crippen LogP contribution is 2.13. The van der Waals surface area contributed by atoms with E-state index in [0.717, 1.165) is 12.8 Å². The van der Waals surface area contributed by atoms with E-state index in [4.69, 9.17) is 4.74 Å². The molecule has 0 aromatic carbocycles. The Bertz CT molecular complexity index is 217. The lowest BCUT2D eigenvalue weighted by molar-refractivity contribution is -0.338. The van der Waals surface area contributed by atoms with Crippen molar-refractivity contribution in [2.24, 2.45) is 0 Å². The summed E-state index contributed by atoms with van der Waals surface area (Å²) in [6, 6.07) is 0. The highest BCUT2D eigenvalue weighted by Gasteiger charge is 2.19. The van der Waals surface area contributed by atoms with Crippen LogP contribution in [-0.4, -0.2) is 22.8 Å². The van der Waals surface area contributed by atoms with Gasteiger partial charge in [-0.1, -0.05) is 97.3 Å². The Morgan fingerprint density at radius 2 is 0.955 bits per heavy atom. The van der Waals surface area contributed by atoms with E-state index in [0.29, 0.717) is 6.61 Å². The van der Waals surface area contributed by atoms with Gasteiger partial charge in [0, 0.05) is 6.42 Å². The molecule has 0 spiro atoms. The van der Waals surface area contributed by atoms with E-state index < -0.39 is 5.97 Å². The molecule has 134 valence electrons. The van der Waals surface area contributed by atoms with Crippen molar-refractivity contribution in [2.75, 3.05) is 6.61 Å². The van der Waals surface area contributed by atoms with Gasteiger partial charge in [-0.25, -0.2) is 0 Å². The normalized spacial score (nSPS) is 12.0. The minimum absolute atomic E-state index is 0.214. The molecule has 0 aliphatic carbocycles. The van der Waals surface area contributed by atoms with Gasteiger partial charge in [0.1, 0.15) is 0 Å². The number of hydrogen-bond acceptors (Lipinski definition) is 3. The zero-order valence-electron chi connectivity index (χ0n) is 15.1. The molecule has 0 heterocycles. The smallest absolute Gasteiger partial charge is 0.277 e. The van der Waals surface area contributed by atoms with Crippen molar-refractivity contribution >= 4 is 0 Å². The van der Waals surface area contributed by atoms with Crippen LogP contribution in [0, 0.1) is 0 Å². The Labute approximate surface area is 138 Å². The first-order valence-corrected chi connectivity index (χ1v) is 9.71. The molecule has 0 atom stereocenters. The van der Waals surface area contributed by atoms with Crippen LogP contribution in [0.1, 0.15) is 110 Å². The predicted octanol–water partition coefficient (Wildman–Crippen LogP) is 5.53. The minimum Gasteiger partial charge on any atom is -0.343 e. The highest BCUT2D eigenvalue weighted by molar-refractivity contribution is 4.50. The summed E-state index contributed by atoms with van der Waals surface area (Å²) in [7, 11) is 0. The molecule has 2 N–H and O–H groups in total. The molecule has 3 nitrogen and oxygen atoms in total. The number of aliphatic hydroxyl groups is 2. The molecule has 0 amide bonds. The summed E-state index contributed by atoms with van der Waals surface area (Å²) in [6.07, 6.45) is 18.7. The van der Waals surface area contributed by atoms with E-state index in [2.05, 4.69) is 6.92 Å². The fourth-order valence-corrected chi connectivity index (χ4v) is 2.63. The van der Waals surface area contributed by atoms with Crippen molar-refractivity contribution in [2.45, 2.75) is 116 Å². The lowest BCUT2D eigenvalue weighted by Crippen LogP contribution is -2.31. The third-order valence-electron chi connectivity index (χ3n) is 4.29. The van der Waals surface area contributed by atoms with Crippen molar-refractivity contribution < 1.29 is 14.9 Å². The van der Waals surface area contributed by atoms with Gasteiger partial charge in [-0.2, -0.15) is 0 Å². The molecule has 0 unspecified atom stereocenters. The van der Waals surface area contributed by atoms with Gasteiger partial charge in [0.05, 0.1) is 6.61 Å². The molecule has 0 bridgehead atoms. The van der Waals surface area contributed by atoms with Crippen molar-refractivity contribution in [3.05, 3.63) is 0 Å². The first-order valence-electron chi connectivity index (χ1n) is 9.71. The molecule has 0 aliphatic rings. The third kappa shape index (κ3) is 16.3. The molecular weight excluding hydrogens is 276 g/mol. The molecule has 0 saturated heterocycles. The second-order valence-corrected chi connectivity index (χ2v) is 6.54. The largest absolute Gasteiger partial charge is 0.343 e. The molecule has 0 saturated carbocycles. The van der Waals surface area contributed by atoms with Crippen LogP contribution in [0.15, 0.2) is 0 Å². The molecule has 0 fully saturated rings. The first kappa shape index (κ1) is 21.9. The quantitative estimate of drug-likeness (QED) is 0.274. The summed E-state index contributed by atoms with van der Waals surface area (Å²) in [6.45, 7) is 4.41. The maximum atomic E-state index is 9.26. The van der Waals surface area contributed by atoms with E-state index in [9.17, 15) is 10.2 Å². The van der Waals surface area contributed by atoms with Gasteiger partial charge in [-0.3, -0.25) is 0 Å². The van der Waals surface area contributed by atoms with Crippen molar-refractivity contribution in [1.82, 2.24) is 0 Å². The zero-order valence-corrected chi connectivity index (χ0v) is 15.1. The van der Waals surface area contributed by atoms with E-state index >= 15 is 0 Å². The SMILES string of the molecule is CCCCCCCCCCCCCCCCOC(O)(O)CC. The monoisotopic (exact) mass is 316 g/mol. The molecular formula is C19H40O3. The number of hydrogen-bond donors (Lipinski definition) is 2. The molecule has 0 aromatic rings. The van der Waals surface area contributed by atoms with Crippen LogP contribution >= 0.6 is 0 Å². The Balaban J connectivity index is 3.06. The van der Waals surface area contributed by atoms with Gasteiger partial charge in [0.2, 0.25) is 0 Å². The summed E-state index contributed by atoms with van der Waals surface area (Å²) in [5.74, 6) is -1.92. The van der Waals surface area contributed by atoms with Crippen LogP contribution in [0.25, 0.3) is 0 Å². The van der Waals surface area contributed by atoms with Gasteiger partial charge in [0.25, 0.3) is 5.97 Å². The van der Waals surface area contributed by atoms with Crippen molar-refractivity contribution in [1.29, 1.82) is 0 Å². The summed E-state index contributed by atoms with van der Waals surface area (Å²) in [5.41, 5.74) is 0. The van der Waals surface area contributed by atoms with Gasteiger partial charge in [0.15, 0.2) is 0 Å². The number of unbranched alkanes of at least 4 members (excludes halogenated alkanes) is 13. The second-order valence-electron chi connectivity index (χ2n) is 6.54. The van der Waals surface area contributed by atoms with E-state index in [-0.39, 0.29) is 6.42 Å². The predicted molar refractivity (Wildman–Crippen MR) is 93.7 cm³/mol. The minimum atomic E-state index is -1.92. The molecule has 3 heteroatoms. The Hall–Kier alpha value is -0.120. The second kappa shape index (κ2) is 15.8. The number of ether oxygens (including phenoxy) is 1. The topological polar surface area (TPSA) is 49.7 Å². The summed E-state index contributed by atoms with van der Waals surface area (Å²) in [4.78, 5) is 0. The Morgan fingerprint density at radius 1 is 0.591 bits per heavy atom. The average Bonchev–Trinajstić information content (AvgIpc) is 2.51. The maximum Gasteiger partial charge on any atom is 0.277 e. The van der Waals surface area contributed by atoms with Crippen LogP contribution < -0.4 is 0 Å². The summed E-state index contributed by atoms with van der Waals surface area (Å²) < 4.78 is 5.00. The van der Waals surface area contributed by atoms with Crippen LogP contribution in [0.4, 0.5) is 0 Å². The van der Waals surface area contributed by atoms with Gasteiger partial charge in [-0.15, -0.1) is 0 Å². The molecule has 0 rings (SSSR count). The van der Waals surface area contributed by atoms with Crippen molar-refractivity contribution in [3.8, 4) is 0 Å². The first-order chi connectivity index (χ1) is 10.6. The Morgan fingerprint density at radius 3 is 1.32 bits per heavy atom. The third-order valence-corrected chi connectivity index (χ3v) is 4.29. The molecule has 0 radical (unpaired) electrons. The highest BCUT2D eigenvalue weighted by atomic mass is 16.8. The molecule has 22 heavy (non-hydrogen) atoms. The van der Waals surface area contributed by atoms with Crippen LogP contribution in [-0.2, 0) is 4.74 Å². The van der Waals surface area contributed by atoms with Crippen LogP contribution in [0.2, 0.25) is 0 Å². The van der Waals surface area contributed by atoms with Gasteiger partial charge < -0.3 is 14.9 Å². The van der Waals surface area contributed by atoms with Crippen molar-refractivity contribution in [3.63, 3.8) is 0 Å². The van der Waals surface area contributed by atoms with Gasteiger partial charge in [-0.05, 0) is 6.42 Å². The van der Waals surface area contributed by atoms with E-state index in [1.165, 1.54) is 77.0 Å². The Kier molecular flexibility index (Phi) is 15.7. The fourth-order valence-electron chi connectivity index (χ4n) is 2.63. The van der Waals surface area contributed by atoms with Gasteiger partial charge >= 0.3 is 0 Å². The maximum absolute atomic E-state index is 9.26. The summed E-state index contributed by atoms with van der Waals surface area (Å²) >= 11 is 0. The zero-order chi connectivity index (χ0) is 16.5. The average molecular weight is 317 g/mol. The fraction of sp³-hybridized carbons (Fsp3) is 1.00. The lowest BCUT2D eigenvalue weighted by atomic mass is 10.0. The van der Waals surface area contributed by atoms with Crippen LogP contribution in [0.3, 0.4) is 0 Å². The lowest BCUT2D eigenvalue weighted by Gasteiger charge is -2.19.